The van der Waals surface area contributed by atoms with Crippen LogP contribution >= 0.6 is 0 Å². The number of carbonyl (C=O) groups excluding carboxylic acids is 3. The normalized spacial score (nSPS) is 10.4. The molecule has 0 saturated heterocycles. The van der Waals surface area contributed by atoms with Crippen molar-refractivity contribution in [1.29, 1.82) is 0 Å². The molecule has 3 rings (SSSR count). The van der Waals surface area contributed by atoms with E-state index < -0.39 is 29.3 Å². The van der Waals surface area contributed by atoms with Crippen molar-refractivity contribution >= 4 is 34.4 Å². The van der Waals surface area contributed by atoms with E-state index in [0.717, 1.165) is 5.69 Å². The predicted molar refractivity (Wildman–Crippen MR) is 115 cm³/mol. The van der Waals surface area contributed by atoms with Crippen LogP contribution in [-0.4, -0.2) is 34.3 Å². The lowest BCUT2D eigenvalue weighted by atomic mass is 10.0. The number of aryl methyl sites for hydroxylation is 1. The molecule has 2 aromatic carbocycles. The molecule has 0 aliphatic heterocycles. The van der Waals surface area contributed by atoms with Crippen LogP contribution in [0.1, 0.15) is 38.9 Å². The number of amides is 2. The number of pyridine rings is 1. The quantitative estimate of drug-likeness (QED) is 0.344. The highest BCUT2D eigenvalue weighted by molar-refractivity contribution is 6.05. The fourth-order valence-electron chi connectivity index (χ4n) is 3.14. The number of ether oxygens (including phenoxy) is 1. The van der Waals surface area contributed by atoms with Gasteiger partial charge in [0.1, 0.15) is 0 Å². The third-order valence-corrected chi connectivity index (χ3v) is 4.77. The van der Waals surface area contributed by atoms with E-state index in [1.807, 2.05) is 13.0 Å². The smallest absolute Gasteiger partial charge is 0.339 e. The molecule has 0 unspecified atom stereocenters. The Morgan fingerprint density at radius 2 is 1.75 bits per heavy atom. The average Bonchev–Trinajstić information content (AvgIpc) is 2.80. The molecule has 0 aliphatic carbocycles. The van der Waals surface area contributed by atoms with Crippen molar-refractivity contribution < 1.29 is 24.0 Å². The number of rotatable bonds is 6. The second-order valence-electron chi connectivity index (χ2n) is 6.81. The summed E-state index contributed by atoms with van der Waals surface area (Å²) in [7, 11) is 0. The van der Waals surface area contributed by atoms with Crippen molar-refractivity contribution in [3.63, 3.8) is 0 Å². The molecule has 10 nitrogen and oxygen atoms in total. The third kappa shape index (κ3) is 4.86. The van der Waals surface area contributed by atoms with Crippen LogP contribution in [0.5, 0.6) is 0 Å². The first-order valence-corrected chi connectivity index (χ1v) is 9.70. The van der Waals surface area contributed by atoms with Gasteiger partial charge in [0.2, 0.25) is 0 Å². The molecule has 32 heavy (non-hydrogen) atoms. The third-order valence-electron chi connectivity index (χ3n) is 4.77. The Morgan fingerprint density at radius 1 is 1.06 bits per heavy atom. The van der Waals surface area contributed by atoms with Crippen LogP contribution in [0.15, 0.2) is 48.5 Å². The monoisotopic (exact) mass is 436 g/mol. The van der Waals surface area contributed by atoms with E-state index in [-0.39, 0.29) is 11.3 Å². The number of nitro groups is 1. The first-order chi connectivity index (χ1) is 15.3. The number of hydrogen-bond donors (Lipinski definition) is 2. The molecule has 0 spiro atoms. The lowest BCUT2D eigenvalue weighted by Crippen LogP contribution is -2.43. The molecule has 0 radical (unpaired) electrons. The summed E-state index contributed by atoms with van der Waals surface area (Å²) >= 11 is 0. The Hall–Kier alpha value is -4.34. The van der Waals surface area contributed by atoms with E-state index in [9.17, 15) is 24.5 Å². The first kappa shape index (κ1) is 22.3. The number of benzene rings is 2. The number of aromatic nitrogens is 1. The predicted octanol–water partition coefficient (Wildman–Crippen LogP) is 2.63. The number of esters is 1. The van der Waals surface area contributed by atoms with Crippen molar-refractivity contribution in [2.75, 3.05) is 6.61 Å². The highest BCUT2D eigenvalue weighted by Gasteiger charge is 2.19. The van der Waals surface area contributed by atoms with Crippen LogP contribution in [0.3, 0.4) is 0 Å². The Bertz CT molecular complexity index is 1210. The van der Waals surface area contributed by atoms with E-state index in [1.54, 1.807) is 25.1 Å². The van der Waals surface area contributed by atoms with Gasteiger partial charge in [-0.2, -0.15) is 0 Å². The second-order valence-corrected chi connectivity index (χ2v) is 6.81. The summed E-state index contributed by atoms with van der Waals surface area (Å²) in [6, 6.07) is 12.0. The standard InChI is InChI=1S/C22H20N4O6/c1-3-17-13(2)20(16-6-4-5-7-18(16)23-17)22(29)32-12-19(27)24-25-21(28)14-8-10-15(11-9-14)26(30)31/h4-11H,3,12H2,1-2H3,(H,24,27)(H,25,28). The molecule has 0 fully saturated rings. The molecular formula is C22H20N4O6. The van der Waals surface area contributed by atoms with E-state index in [2.05, 4.69) is 15.8 Å². The minimum absolute atomic E-state index is 0.110. The lowest BCUT2D eigenvalue weighted by molar-refractivity contribution is -0.384. The van der Waals surface area contributed by atoms with Crippen molar-refractivity contribution in [2.45, 2.75) is 20.3 Å². The largest absolute Gasteiger partial charge is 0.452 e. The van der Waals surface area contributed by atoms with Crippen molar-refractivity contribution in [3.8, 4) is 0 Å². The molecule has 0 aliphatic rings. The van der Waals surface area contributed by atoms with Gasteiger partial charge >= 0.3 is 5.97 Å². The van der Waals surface area contributed by atoms with Crippen molar-refractivity contribution in [2.24, 2.45) is 0 Å². The number of non-ortho nitro benzene ring substituents is 1. The number of hydrogen-bond acceptors (Lipinski definition) is 7. The zero-order chi connectivity index (χ0) is 23.3. The summed E-state index contributed by atoms with van der Waals surface area (Å²) in [5.74, 6) is -2.10. The molecule has 0 bridgehead atoms. The van der Waals surface area contributed by atoms with Gasteiger partial charge in [-0.1, -0.05) is 25.1 Å². The summed E-state index contributed by atoms with van der Waals surface area (Å²) in [6.07, 6.45) is 0.631. The van der Waals surface area contributed by atoms with Crippen molar-refractivity contribution in [1.82, 2.24) is 15.8 Å². The van der Waals surface area contributed by atoms with Crippen LogP contribution in [0.2, 0.25) is 0 Å². The minimum Gasteiger partial charge on any atom is -0.452 e. The van der Waals surface area contributed by atoms with Gasteiger partial charge in [-0.15, -0.1) is 0 Å². The second kappa shape index (κ2) is 9.65. The van der Waals surface area contributed by atoms with Gasteiger partial charge < -0.3 is 4.74 Å². The van der Waals surface area contributed by atoms with Gasteiger partial charge in [0.05, 0.1) is 16.0 Å². The summed E-state index contributed by atoms with van der Waals surface area (Å²) in [4.78, 5) is 51.4. The van der Waals surface area contributed by atoms with Gasteiger partial charge in [0.25, 0.3) is 17.5 Å². The Labute approximate surface area is 182 Å². The fraction of sp³-hybridized carbons (Fsp3) is 0.182. The first-order valence-electron chi connectivity index (χ1n) is 9.70. The Kier molecular flexibility index (Phi) is 6.74. The maximum atomic E-state index is 12.7. The van der Waals surface area contributed by atoms with Gasteiger partial charge in [0, 0.05) is 28.8 Å². The molecule has 1 heterocycles. The van der Waals surface area contributed by atoms with Gasteiger partial charge in [-0.25, -0.2) is 4.79 Å². The Morgan fingerprint density at radius 3 is 2.41 bits per heavy atom. The number of para-hydroxylation sites is 1. The van der Waals surface area contributed by atoms with Crippen molar-refractivity contribution in [3.05, 3.63) is 81.0 Å². The number of carbonyl (C=O) groups is 3. The number of nitrogens with one attached hydrogen (secondary N) is 2. The summed E-state index contributed by atoms with van der Waals surface area (Å²) in [5, 5.41) is 11.3. The molecule has 0 atom stereocenters. The molecule has 3 aromatic rings. The molecular weight excluding hydrogens is 416 g/mol. The average molecular weight is 436 g/mol. The summed E-state index contributed by atoms with van der Waals surface area (Å²) < 4.78 is 5.15. The topological polar surface area (TPSA) is 141 Å². The molecule has 1 aromatic heterocycles. The zero-order valence-corrected chi connectivity index (χ0v) is 17.4. The zero-order valence-electron chi connectivity index (χ0n) is 17.4. The molecule has 164 valence electrons. The van der Waals surface area contributed by atoms with Crippen LogP contribution < -0.4 is 10.9 Å². The minimum atomic E-state index is -0.750. The highest BCUT2D eigenvalue weighted by atomic mass is 16.6. The number of nitrogens with zero attached hydrogens (tertiary/aromatic N) is 2. The van der Waals surface area contributed by atoms with Crippen LogP contribution in [0.4, 0.5) is 5.69 Å². The summed E-state index contributed by atoms with van der Waals surface area (Å²) in [6.45, 7) is 3.09. The van der Waals surface area contributed by atoms with E-state index in [1.165, 1.54) is 24.3 Å². The molecule has 2 amide bonds. The number of fused-ring (bicyclic) bond motifs is 1. The van der Waals surface area contributed by atoms with Crippen LogP contribution in [0.25, 0.3) is 10.9 Å². The van der Waals surface area contributed by atoms with Gasteiger partial charge in [-0.3, -0.25) is 35.5 Å². The molecule has 10 heteroatoms. The molecule has 0 saturated carbocycles. The fourth-order valence-corrected chi connectivity index (χ4v) is 3.14. The number of hydrazine groups is 1. The SMILES string of the molecule is CCc1nc2ccccc2c(C(=O)OCC(=O)NNC(=O)c2ccc([N+](=O)[O-])cc2)c1C. The Balaban J connectivity index is 1.62. The highest BCUT2D eigenvalue weighted by Crippen LogP contribution is 2.24. The maximum Gasteiger partial charge on any atom is 0.339 e. The van der Waals surface area contributed by atoms with Crippen LogP contribution in [0, 0.1) is 17.0 Å². The lowest BCUT2D eigenvalue weighted by Gasteiger charge is -2.13. The van der Waals surface area contributed by atoms with E-state index in [0.29, 0.717) is 28.5 Å². The van der Waals surface area contributed by atoms with Gasteiger partial charge in [-0.05, 0) is 37.1 Å². The number of nitro benzene ring substituents is 1. The molecule has 2 N–H and O–H groups in total. The van der Waals surface area contributed by atoms with Gasteiger partial charge in [0.15, 0.2) is 6.61 Å². The maximum absolute atomic E-state index is 12.7. The van der Waals surface area contributed by atoms with E-state index in [4.69, 9.17) is 4.74 Å². The van der Waals surface area contributed by atoms with E-state index >= 15 is 0 Å². The van der Waals surface area contributed by atoms with Crippen LogP contribution in [-0.2, 0) is 16.0 Å². The summed E-state index contributed by atoms with van der Waals surface area (Å²) in [5.41, 5.74) is 6.68.